The second-order valence-electron chi connectivity index (χ2n) is 8.27. The molecule has 0 radical (unpaired) electrons. The fourth-order valence-electron chi connectivity index (χ4n) is 4.63. The van der Waals surface area contributed by atoms with Crippen molar-refractivity contribution in [2.24, 2.45) is 5.92 Å². The highest BCUT2D eigenvalue weighted by molar-refractivity contribution is 7.19. The summed E-state index contributed by atoms with van der Waals surface area (Å²) < 4.78 is 0.697. The second-order valence-corrected chi connectivity index (χ2v) is 9.99. The number of rotatable bonds is 3. The summed E-state index contributed by atoms with van der Waals surface area (Å²) in [4.78, 5) is 35.8. The molecule has 0 saturated carbocycles. The lowest BCUT2D eigenvalue weighted by molar-refractivity contribution is -0.135. The Kier molecular flexibility index (Phi) is 5.67. The van der Waals surface area contributed by atoms with E-state index < -0.39 is 0 Å². The smallest absolute Gasteiger partial charge is 0.254 e. The Balaban J connectivity index is 1.39. The molecule has 7 heteroatoms. The molecule has 160 valence electrons. The summed E-state index contributed by atoms with van der Waals surface area (Å²) in [5.41, 5.74) is 2.22. The third-order valence-electron chi connectivity index (χ3n) is 6.32. The summed E-state index contributed by atoms with van der Waals surface area (Å²) in [5, 5.41) is 0.856. The molecule has 1 aromatic carbocycles. The van der Waals surface area contributed by atoms with Crippen molar-refractivity contribution in [3.05, 3.63) is 52.4 Å². The summed E-state index contributed by atoms with van der Waals surface area (Å²) in [6.07, 6.45) is 3.68. The Bertz CT molecular complexity index is 1130. The van der Waals surface area contributed by atoms with Gasteiger partial charge in [0.2, 0.25) is 5.91 Å². The lowest BCUT2D eigenvalue weighted by Gasteiger charge is -2.33. The average molecular weight is 454 g/mol. The topological polar surface area (TPSA) is 53.5 Å². The Hall–Kier alpha value is -2.44. The molecule has 0 aliphatic carbocycles. The molecule has 2 aromatic heterocycles. The quantitative estimate of drug-likeness (QED) is 0.555. The number of nitrogens with zero attached hydrogens (tertiary/aromatic N) is 3. The Morgan fingerprint density at radius 3 is 2.42 bits per heavy atom. The highest BCUT2D eigenvalue weighted by Crippen LogP contribution is 2.33. The summed E-state index contributed by atoms with van der Waals surface area (Å²) in [5.74, 6) is 0.325. The van der Waals surface area contributed by atoms with E-state index in [1.165, 1.54) is 11.3 Å². The normalized spacial score (nSPS) is 17.5. The Morgan fingerprint density at radius 1 is 0.968 bits per heavy atom. The molecule has 2 aliphatic rings. The predicted octanol–water partition coefficient (Wildman–Crippen LogP) is 5.09. The molecule has 2 fully saturated rings. The number of benzene rings is 1. The summed E-state index contributed by atoms with van der Waals surface area (Å²) in [6.45, 7) is 2.99. The largest absolute Gasteiger partial charge is 0.342 e. The van der Waals surface area contributed by atoms with Gasteiger partial charge in [0.1, 0.15) is 0 Å². The molecule has 31 heavy (non-hydrogen) atoms. The van der Waals surface area contributed by atoms with Crippen LogP contribution in [0.3, 0.4) is 0 Å². The maximum absolute atomic E-state index is 13.5. The zero-order valence-electron chi connectivity index (χ0n) is 17.2. The van der Waals surface area contributed by atoms with Crippen LogP contribution in [-0.2, 0) is 4.79 Å². The van der Waals surface area contributed by atoms with Crippen LogP contribution in [-0.4, -0.2) is 52.8 Å². The van der Waals surface area contributed by atoms with Crippen LogP contribution in [0.1, 0.15) is 36.0 Å². The van der Waals surface area contributed by atoms with E-state index in [1.807, 2.05) is 52.3 Å². The summed E-state index contributed by atoms with van der Waals surface area (Å²) >= 11 is 7.58. The van der Waals surface area contributed by atoms with Crippen molar-refractivity contribution in [3.8, 4) is 10.6 Å². The van der Waals surface area contributed by atoms with Crippen LogP contribution in [0.2, 0.25) is 4.34 Å². The molecule has 0 N–H and O–H groups in total. The van der Waals surface area contributed by atoms with Crippen LogP contribution in [0.5, 0.6) is 0 Å². The first-order valence-corrected chi connectivity index (χ1v) is 12.0. The zero-order chi connectivity index (χ0) is 21.4. The number of pyridine rings is 1. The molecule has 0 atom stereocenters. The van der Waals surface area contributed by atoms with Gasteiger partial charge in [-0.25, -0.2) is 4.98 Å². The van der Waals surface area contributed by atoms with Gasteiger partial charge in [0.05, 0.1) is 26.0 Å². The third kappa shape index (κ3) is 4.06. The minimum Gasteiger partial charge on any atom is -0.342 e. The van der Waals surface area contributed by atoms with Crippen molar-refractivity contribution in [2.45, 2.75) is 25.7 Å². The van der Waals surface area contributed by atoms with Gasteiger partial charge < -0.3 is 9.80 Å². The molecule has 0 unspecified atom stereocenters. The van der Waals surface area contributed by atoms with E-state index in [0.717, 1.165) is 60.2 Å². The van der Waals surface area contributed by atoms with Gasteiger partial charge in [-0.2, -0.15) is 0 Å². The highest BCUT2D eigenvalue weighted by Gasteiger charge is 2.32. The lowest BCUT2D eigenvalue weighted by atomic mass is 9.94. The molecule has 2 amide bonds. The van der Waals surface area contributed by atoms with Gasteiger partial charge in [0.15, 0.2) is 0 Å². The molecule has 2 saturated heterocycles. The SMILES string of the molecule is O=C(c1cc(-c2ccc(Cl)s2)nc2ccccc12)N1CCC(C(=O)N2CCCC2)CC1. The van der Waals surface area contributed by atoms with Gasteiger partial charge in [-0.3, -0.25) is 9.59 Å². The molecular weight excluding hydrogens is 430 g/mol. The van der Waals surface area contributed by atoms with Crippen LogP contribution in [0.25, 0.3) is 21.5 Å². The highest BCUT2D eigenvalue weighted by atomic mass is 35.5. The van der Waals surface area contributed by atoms with Gasteiger partial charge in [-0.1, -0.05) is 29.8 Å². The maximum Gasteiger partial charge on any atom is 0.254 e. The van der Waals surface area contributed by atoms with Gasteiger partial charge in [-0.15, -0.1) is 11.3 Å². The Labute approximate surface area is 190 Å². The summed E-state index contributed by atoms with van der Waals surface area (Å²) in [7, 11) is 0. The number of amides is 2. The van der Waals surface area contributed by atoms with Crippen molar-refractivity contribution in [1.29, 1.82) is 0 Å². The number of hydrogen-bond acceptors (Lipinski definition) is 4. The standard InChI is InChI=1S/C24H24ClN3O2S/c25-22-8-7-21(31-22)20-15-18(17-5-1-2-6-19(17)26-20)24(30)28-13-9-16(10-14-28)23(29)27-11-3-4-12-27/h1-2,5-8,15-16H,3-4,9-14H2. The van der Waals surface area contributed by atoms with E-state index in [1.54, 1.807) is 0 Å². The number of likely N-dealkylation sites (tertiary alicyclic amines) is 2. The van der Waals surface area contributed by atoms with E-state index in [0.29, 0.717) is 23.0 Å². The van der Waals surface area contributed by atoms with E-state index in [2.05, 4.69) is 0 Å². The molecule has 5 rings (SSSR count). The summed E-state index contributed by atoms with van der Waals surface area (Å²) in [6, 6.07) is 13.4. The number of aromatic nitrogens is 1. The number of hydrogen-bond donors (Lipinski definition) is 0. The van der Waals surface area contributed by atoms with Gasteiger partial charge in [-0.05, 0) is 49.9 Å². The molecule has 5 nitrogen and oxygen atoms in total. The van der Waals surface area contributed by atoms with Crippen LogP contribution in [0.15, 0.2) is 42.5 Å². The average Bonchev–Trinajstić information content (AvgIpc) is 3.50. The minimum atomic E-state index is 0.00887. The first-order valence-electron chi connectivity index (χ1n) is 10.8. The molecule has 4 heterocycles. The number of piperidine rings is 1. The molecule has 2 aliphatic heterocycles. The van der Waals surface area contributed by atoms with Crippen molar-refractivity contribution >= 4 is 45.7 Å². The first kappa shape index (κ1) is 20.5. The fourth-order valence-corrected chi connectivity index (χ4v) is 5.63. The number of halogens is 1. The molecule has 0 bridgehead atoms. The maximum atomic E-state index is 13.5. The number of carbonyl (C=O) groups excluding carboxylic acids is 2. The predicted molar refractivity (Wildman–Crippen MR) is 125 cm³/mol. The van der Waals surface area contributed by atoms with Crippen LogP contribution in [0.4, 0.5) is 0 Å². The fraction of sp³-hybridized carbons (Fsp3) is 0.375. The van der Waals surface area contributed by atoms with Gasteiger partial charge in [0, 0.05) is 37.5 Å². The third-order valence-corrected chi connectivity index (χ3v) is 7.58. The number of carbonyl (C=O) groups is 2. The lowest BCUT2D eigenvalue weighted by Crippen LogP contribution is -2.43. The van der Waals surface area contributed by atoms with E-state index >= 15 is 0 Å². The van der Waals surface area contributed by atoms with E-state index in [-0.39, 0.29) is 17.7 Å². The van der Waals surface area contributed by atoms with Gasteiger partial charge >= 0.3 is 0 Å². The molecule has 3 aromatic rings. The van der Waals surface area contributed by atoms with Crippen molar-refractivity contribution in [3.63, 3.8) is 0 Å². The van der Waals surface area contributed by atoms with Crippen molar-refractivity contribution in [1.82, 2.24) is 14.8 Å². The molecular formula is C24H24ClN3O2S. The Morgan fingerprint density at radius 2 is 1.71 bits per heavy atom. The van der Waals surface area contributed by atoms with E-state index in [4.69, 9.17) is 16.6 Å². The van der Waals surface area contributed by atoms with E-state index in [9.17, 15) is 9.59 Å². The van der Waals surface area contributed by atoms with Crippen LogP contribution < -0.4 is 0 Å². The van der Waals surface area contributed by atoms with Gasteiger partial charge in [0.25, 0.3) is 5.91 Å². The second kappa shape index (κ2) is 8.60. The molecule has 0 spiro atoms. The number of para-hydroxylation sites is 1. The van der Waals surface area contributed by atoms with Crippen molar-refractivity contribution < 1.29 is 9.59 Å². The van der Waals surface area contributed by atoms with Crippen LogP contribution >= 0.6 is 22.9 Å². The monoisotopic (exact) mass is 453 g/mol. The van der Waals surface area contributed by atoms with Crippen molar-refractivity contribution in [2.75, 3.05) is 26.2 Å². The minimum absolute atomic E-state index is 0.00887. The number of fused-ring (bicyclic) bond motifs is 1. The number of thiophene rings is 1. The van der Waals surface area contributed by atoms with Crippen LogP contribution in [0, 0.1) is 5.92 Å². The first-order chi connectivity index (χ1) is 15.1. The zero-order valence-corrected chi connectivity index (χ0v) is 18.8.